The molecule has 2 aliphatic rings. The molecule has 0 radical (unpaired) electrons. The highest BCUT2D eigenvalue weighted by molar-refractivity contribution is 7.92. The first kappa shape index (κ1) is 17.8. The molecule has 0 saturated carbocycles. The maximum atomic E-state index is 12.7. The molecule has 1 fully saturated rings. The van der Waals surface area contributed by atoms with Crippen LogP contribution in [0.3, 0.4) is 0 Å². The molecule has 0 aromatic heterocycles. The fourth-order valence-electron chi connectivity index (χ4n) is 3.19. The summed E-state index contributed by atoms with van der Waals surface area (Å²) in [5, 5.41) is 0. The van der Waals surface area contributed by atoms with Crippen molar-refractivity contribution in [2.24, 2.45) is 5.92 Å². The topological polar surface area (TPSA) is 76.2 Å². The number of nitrogens with zero attached hydrogens (tertiary/aromatic N) is 2. The molecule has 1 aromatic rings. The number of hydrogen-bond acceptors (Lipinski definition) is 5. The molecule has 7 nitrogen and oxygen atoms in total. The molecule has 1 saturated heterocycles. The average Bonchev–Trinajstić information content (AvgIpc) is 3.07. The van der Waals surface area contributed by atoms with Gasteiger partial charge in [0.05, 0.1) is 11.4 Å². The number of carbonyl (C=O) groups excluding carboxylic acids is 1. The van der Waals surface area contributed by atoms with Crippen molar-refractivity contribution in [3.63, 3.8) is 0 Å². The number of likely N-dealkylation sites (tertiary alicyclic amines) is 1. The van der Waals surface area contributed by atoms with E-state index in [-0.39, 0.29) is 25.0 Å². The first-order valence-corrected chi connectivity index (χ1v) is 10.2. The Labute approximate surface area is 148 Å². The summed E-state index contributed by atoms with van der Waals surface area (Å²) in [7, 11) is -3.59. The van der Waals surface area contributed by atoms with Gasteiger partial charge in [0.25, 0.3) is 0 Å². The van der Waals surface area contributed by atoms with Gasteiger partial charge in [-0.05, 0) is 37.8 Å². The van der Waals surface area contributed by atoms with Crippen molar-refractivity contribution < 1.29 is 22.7 Å². The second-order valence-corrected chi connectivity index (χ2v) is 8.71. The molecule has 3 rings (SSSR count). The summed E-state index contributed by atoms with van der Waals surface area (Å²) < 4.78 is 36.9. The van der Waals surface area contributed by atoms with E-state index in [0.717, 1.165) is 12.8 Å². The number of carbonyl (C=O) groups is 1. The lowest BCUT2D eigenvalue weighted by Crippen LogP contribution is -2.46. The molecule has 138 valence electrons. The standard InChI is InChI=1S/C17H24N2O5S/c1-3-25(21,22)19(11-17(20)18-8-4-5-13(2)10-18)14-6-7-15-16(9-14)24-12-23-15/h6-7,9,13H,3-5,8,10-12H2,1-2H3. The lowest BCUT2D eigenvalue weighted by Gasteiger charge is -2.33. The number of piperidine rings is 1. The lowest BCUT2D eigenvalue weighted by atomic mass is 10.0. The van der Waals surface area contributed by atoms with Crippen LogP contribution >= 0.6 is 0 Å². The van der Waals surface area contributed by atoms with Gasteiger partial charge >= 0.3 is 0 Å². The van der Waals surface area contributed by atoms with Crippen LogP contribution in [0.4, 0.5) is 5.69 Å². The number of hydrogen-bond donors (Lipinski definition) is 0. The van der Waals surface area contributed by atoms with Crippen LogP contribution < -0.4 is 13.8 Å². The zero-order valence-corrected chi connectivity index (χ0v) is 15.4. The van der Waals surface area contributed by atoms with Crippen molar-refractivity contribution in [3.8, 4) is 11.5 Å². The van der Waals surface area contributed by atoms with E-state index in [1.54, 1.807) is 30.0 Å². The summed E-state index contributed by atoms with van der Waals surface area (Å²) in [6.45, 7) is 4.97. The number of rotatable bonds is 5. The third-order valence-electron chi connectivity index (χ3n) is 4.63. The molecular weight excluding hydrogens is 344 g/mol. The quantitative estimate of drug-likeness (QED) is 0.792. The predicted octanol–water partition coefficient (Wildman–Crippen LogP) is 1.83. The molecule has 1 amide bonds. The monoisotopic (exact) mass is 368 g/mol. The van der Waals surface area contributed by atoms with Gasteiger partial charge in [0.1, 0.15) is 6.54 Å². The van der Waals surface area contributed by atoms with E-state index in [9.17, 15) is 13.2 Å². The maximum absolute atomic E-state index is 12.7. The van der Waals surface area contributed by atoms with Crippen LogP contribution in [0.5, 0.6) is 11.5 Å². The summed E-state index contributed by atoms with van der Waals surface area (Å²) in [4.78, 5) is 14.5. The maximum Gasteiger partial charge on any atom is 0.243 e. The van der Waals surface area contributed by atoms with Gasteiger partial charge in [0, 0.05) is 19.2 Å². The van der Waals surface area contributed by atoms with Gasteiger partial charge in [-0.15, -0.1) is 0 Å². The molecule has 8 heteroatoms. The molecule has 2 heterocycles. The van der Waals surface area contributed by atoms with E-state index in [1.807, 2.05) is 0 Å². The van der Waals surface area contributed by atoms with Crippen LogP contribution in [-0.4, -0.2) is 51.4 Å². The van der Waals surface area contributed by atoms with Gasteiger partial charge in [-0.3, -0.25) is 9.10 Å². The Hall–Kier alpha value is -1.96. The normalized spacial score (nSPS) is 19.8. The van der Waals surface area contributed by atoms with Crippen LogP contribution in [0.15, 0.2) is 18.2 Å². The third kappa shape index (κ3) is 3.84. The second-order valence-electron chi connectivity index (χ2n) is 6.53. The summed E-state index contributed by atoms with van der Waals surface area (Å²) in [5.41, 5.74) is 0.421. The number of benzene rings is 1. The average molecular weight is 368 g/mol. The zero-order valence-electron chi connectivity index (χ0n) is 14.6. The highest BCUT2D eigenvalue weighted by atomic mass is 32.2. The number of sulfonamides is 1. The molecule has 25 heavy (non-hydrogen) atoms. The van der Waals surface area contributed by atoms with Crippen molar-refractivity contribution in [2.45, 2.75) is 26.7 Å². The Morgan fingerprint density at radius 1 is 1.32 bits per heavy atom. The Balaban J connectivity index is 1.84. The predicted molar refractivity (Wildman–Crippen MR) is 94.3 cm³/mol. The Bertz CT molecular complexity index is 749. The number of amides is 1. The molecular formula is C17H24N2O5S. The van der Waals surface area contributed by atoms with Gasteiger partial charge in [0.2, 0.25) is 22.7 Å². The largest absolute Gasteiger partial charge is 0.454 e. The van der Waals surface area contributed by atoms with Crippen LogP contribution in [0.25, 0.3) is 0 Å². The molecule has 0 aliphatic carbocycles. The van der Waals surface area contributed by atoms with Crippen molar-refractivity contribution in [2.75, 3.05) is 36.5 Å². The van der Waals surface area contributed by atoms with Crippen molar-refractivity contribution in [3.05, 3.63) is 18.2 Å². The fourth-order valence-corrected chi connectivity index (χ4v) is 4.24. The van der Waals surface area contributed by atoms with E-state index in [0.29, 0.717) is 36.2 Å². The van der Waals surface area contributed by atoms with E-state index in [1.165, 1.54) is 4.31 Å². The van der Waals surface area contributed by atoms with Gasteiger partial charge < -0.3 is 14.4 Å². The van der Waals surface area contributed by atoms with E-state index >= 15 is 0 Å². The molecule has 0 bridgehead atoms. The molecule has 0 N–H and O–H groups in total. The highest BCUT2D eigenvalue weighted by Crippen LogP contribution is 2.36. The molecule has 1 aromatic carbocycles. The Morgan fingerprint density at radius 3 is 2.80 bits per heavy atom. The van der Waals surface area contributed by atoms with E-state index in [4.69, 9.17) is 9.47 Å². The first-order chi connectivity index (χ1) is 11.9. The summed E-state index contributed by atoms with van der Waals surface area (Å²) in [6, 6.07) is 4.93. The Kier molecular flexibility index (Phi) is 5.08. The molecule has 2 aliphatic heterocycles. The van der Waals surface area contributed by atoms with Gasteiger partial charge in [0.15, 0.2) is 11.5 Å². The third-order valence-corrected chi connectivity index (χ3v) is 6.37. The Morgan fingerprint density at radius 2 is 2.08 bits per heavy atom. The smallest absolute Gasteiger partial charge is 0.243 e. The lowest BCUT2D eigenvalue weighted by molar-refractivity contribution is -0.131. The second kappa shape index (κ2) is 7.11. The number of ether oxygens (including phenoxy) is 2. The van der Waals surface area contributed by atoms with Crippen LogP contribution in [0.2, 0.25) is 0 Å². The summed E-state index contributed by atoms with van der Waals surface area (Å²) >= 11 is 0. The van der Waals surface area contributed by atoms with Crippen LogP contribution in [0, 0.1) is 5.92 Å². The number of fused-ring (bicyclic) bond motifs is 1. The SMILES string of the molecule is CCS(=O)(=O)N(CC(=O)N1CCCC(C)C1)c1ccc2c(c1)OCO2. The minimum absolute atomic E-state index is 0.0782. The van der Waals surface area contributed by atoms with Gasteiger partial charge in [-0.25, -0.2) is 8.42 Å². The minimum atomic E-state index is -3.59. The molecule has 1 atom stereocenters. The summed E-state index contributed by atoms with van der Waals surface area (Å²) in [5.74, 6) is 1.27. The minimum Gasteiger partial charge on any atom is -0.454 e. The fraction of sp³-hybridized carbons (Fsp3) is 0.588. The molecule has 0 spiro atoms. The highest BCUT2D eigenvalue weighted by Gasteiger charge is 2.29. The van der Waals surface area contributed by atoms with Gasteiger partial charge in [-0.2, -0.15) is 0 Å². The van der Waals surface area contributed by atoms with Crippen LogP contribution in [0.1, 0.15) is 26.7 Å². The zero-order chi connectivity index (χ0) is 18.0. The first-order valence-electron chi connectivity index (χ1n) is 8.58. The molecule has 1 unspecified atom stereocenters. The van der Waals surface area contributed by atoms with E-state index in [2.05, 4.69) is 6.92 Å². The van der Waals surface area contributed by atoms with Crippen molar-refractivity contribution in [1.82, 2.24) is 4.90 Å². The van der Waals surface area contributed by atoms with Crippen molar-refractivity contribution in [1.29, 1.82) is 0 Å². The van der Waals surface area contributed by atoms with Gasteiger partial charge in [-0.1, -0.05) is 6.92 Å². The number of anilines is 1. The summed E-state index contributed by atoms with van der Waals surface area (Å²) in [6.07, 6.45) is 2.06. The van der Waals surface area contributed by atoms with Crippen LogP contribution in [-0.2, 0) is 14.8 Å². The van der Waals surface area contributed by atoms with E-state index < -0.39 is 10.0 Å². The van der Waals surface area contributed by atoms with Crippen molar-refractivity contribution >= 4 is 21.6 Å².